The van der Waals surface area contributed by atoms with Gasteiger partial charge in [-0.3, -0.25) is 4.79 Å². The molecule has 5 nitrogen and oxygen atoms in total. The van der Waals surface area contributed by atoms with E-state index in [2.05, 4.69) is 0 Å². The molecule has 1 atom stereocenters. The van der Waals surface area contributed by atoms with Crippen molar-refractivity contribution in [2.45, 2.75) is 24.9 Å². The third kappa shape index (κ3) is 4.55. The average molecular weight is 355 g/mol. The number of likely N-dealkylation sites (tertiary alicyclic amines) is 1. The van der Waals surface area contributed by atoms with E-state index < -0.39 is 5.60 Å². The van der Waals surface area contributed by atoms with Crippen molar-refractivity contribution in [2.75, 3.05) is 26.8 Å². The molecule has 1 amide bonds. The summed E-state index contributed by atoms with van der Waals surface area (Å²) in [6.07, 6.45) is 1.85. The smallest absolute Gasteiger partial charge is 0.253 e. The summed E-state index contributed by atoms with van der Waals surface area (Å²) in [5.74, 6) is 1.38. The number of ether oxygens (including phenoxy) is 2. The molecule has 0 aromatic heterocycles. The van der Waals surface area contributed by atoms with Crippen molar-refractivity contribution in [1.29, 1.82) is 0 Å². The maximum atomic E-state index is 12.8. The van der Waals surface area contributed by atoms with Crippen molar-refractivity contribution in [3.63, 3.8) is 0 Å². The number of aliphatic hydroxyl groups is 1. The lowest BCUT2D eigenvalue weighted by Gasteiger charge is -2.27. The molecule has 1 heterocycles. The Hall–Kier alpha value is -2.53. The molecule has 1 unspecified atom stereocenters. The largest absolute Gasteiger partial charge is 0.497 e. The van der Waals surface area contributed by atoms with Crippen LogP contribution in [0.25, 0.3) is 0 Å². The average Bonchev–Trinajstić information content (AvgIpc) is 2.89. The zero-order valence-electron chi connectivity index (χ0n) is 15.1. The van der Waals surface area contributed by atoms with E-state index in [9.17, 15) is 9.90 Å². The predicted molar refractivity (Wildman–Crippen MR) is 99.6 cm³/mol. The van der Waals surface area contributed by atoms with E-state index in [1.807, 2.05) is 42.5 Å². The van der Waals surface area contributed by atoms with Gasteiger partial charge in [0, 0.05) is 18.7 Å². The second kappa shape index (κ2) is 8.23. The standard InChI is InChI=1S/C21H25NO4/c1-25-19-10-5-7-17(15-19)20(23)22-13-6-11-21(24,12-14-22)16-26-18-8-3-2-4-9-18/h2-5,7-10,15,24H,6,11-14,16H2,1H3. The lowest BCUT2D eigenvalue weighted by atomic mass is 9.96. The number of carbonyl (C=O) groups excluding carboxylic acids is 1. The molecular weight excluding hydrogens is 330 g/mol. The van der Waals surface area contributed by atoms with Crippen LogP contribution in [-0.2, 0) is 0 Å². The number of rotatable bonds is 5. The summed E-state index contributed by atoms with van der Waals surface area (Å²) in [5.41, 5.74) is -0.311. The van der Waals surface area contributed by atoms with Crippen LogP contribution in [0.3, 0.4) is 0 Å². The Kier molecular flexibility index (Phi) is 5.78. The minimum atomic E-state index is -0.917. The van der Waals surface area contributed by atoms with Gasteiger partial charge in [-0.05, 0) is 49.6 Å². The first-order chi connectivity index (χ1) is 12.6. The van der Waals surface area contributed by atoms with Crippen molar-refractivity contribution in [3.8, 4) is 11.5 Å². The van der Waals surface area contributed by atoms with Crippen molar-refractivity contribution < 1.29 is 19.4 Å². The fourth-order valence-corrected chi connectivity index (χ4v) is 3.20. The van der Waals surface area contributed by atoms with Gasteiger partial charge in [0.2, 0.25) is 0 Å². The van der Waals surface area contributed by atoms with Gasteiger partial charge in [-0.25, -0.2) is 0 Å². The number of benzene rings is 2. The second-order valence-electron chi connectivity index (χ2n) is 6.70. The molecule has 138 valence electrons. The number of hydrogen-bond donors (Lipinski definition) is 1. The van der Waals surface area contributed by atoms with E-state index >= 15 is 0 Å². The van der Waals surface area contributed by atoms with Gasteiger partial charge < -0.3 is 19.5 Å². The third-order valence-corrected chi connectivity index (χ3v) is 4.77. The maximum absolute atomic E-state index is 12.8. The first-order valence-corrected chi connectivity index (χ1v) is 8.93. The first kappa shape index (κ1) is 18.3. The molecule has 0 spiro atoms. The first-order valence-electron chi connectivity index (χ1n) is 8.93. The van der Waals surface area contributed by atoms with Crippen LogP contribution >= 0.6 is 0 Å². The van der Waals surface area contributed by atoms with Gasteiger partial charge in [-0.15, -0.1) is 0 Å². The van der Waals surface area contributed by atoms with Crippen molar-refractivity contribution in [2.24, 2.45) is 0 Å². The topological polar surface area (TPSA) is 59.0 Å². The van der Waals surface area contributed by atoms with Gasteiger partial charge in [0.1, 0.15) is 23.7 Å². The summed E-state index contributed by atoms with van der Waals surface area (Å²) >= 11 is 0. The highest BCUT2D eigenvalue weighted by Crippen LogP contribution is 2.25. The minimum Gasteiger partial charge on any atom is -0.497 e. The van der Waals surface area contributed by atoms with Crippen molar-refractivity contribution >= 4 is 5.91 Å². The highest BCUT2D eigenvalue weighted by Gasteiger charge is 2.32. The van der Waals surface area contributed by atoms with Gasteiger partial charge >= 0.3 is 0 Å². The molecule has 1 aliphatic heterocycles. The fraction of sp³-hybridized carbons (Fsp3) is 0.381. The van der Waals surface area contributed by atoms with Gasteiger partial charge in [-0.1, -0.05) is 24.3 Å². The highest BCUT2D eigenvalue weighted by atomic mass is 16.5. The molecule has 1 N–H and O–H groups in total. The van der Waals surface area contributed by atoms with Crippen LogP contribution in [-0.4, -0.2) is 48.3 Å². The van der Waals surface area contributed by atoms with Crippen LogP contribution in [0.15, 0.2) is 54.6 Å². The Morgan fingerprint density at radius 2 is 1.85 bits per heavy atom. The molecule has 0 radical (unpaired) electrons. The van der Waals surface area contributed by atoms with E-state index in [-0.39, 0.29) is 12.5 Å². The summed E-state index contributed by atoms with van der Waals surface area (Å²) in [7, 11) is 1.59. The van der Waals surface area contributed by atoms with Crippen LogP contribution in [0.4, 0.5) is 0 Å². The normalized spacial score (nSPS) is 20.3. The molecule has 0 aliphatic carbocycles. The van der Waals surface area contributed by atoms with E-state index in [4.69, 9.17) is 9.47 Å². The van der Waals surface area contributed by atoms with Crippen molar-refractivity contribution in [1.82, 2.24) is 4.90 Å². The van der Waals surface area contributed by atoms with E-state index in [1.165, 1.54) is 0 Å². The molecule has 0 bridgehead atoms. The second-order valence-corrected chi connectivity index (χ2v) is 6.70. The molecule has 5 heteroatoms. The number of methoxy groups -OCH3 is 1. The summed E-state index contributed by atoms with van der Waals surface area (Å²) in [6, 6.07) is 16.7. The highest BCUT2D eigenvalue weighted by molar-refractivity contribution is 5.94. The van der Waals surface area contributed by atoms with Crippen LogP contribution in [0.5, 0.6) is 11.5 Å². The summed E-state index contributed by atoms with van der Waals surface area (Å²) in [6.45, 7) is 1.37. The predicted octanol–water partition coefficient (Wildman–Crippen LogP) is 3.13. The molecule has 2 aromatic rings. The van der Waals surface area contributed by atoms with Crippen LogP contribution < -0.4 is 9.47 Å². The van der Waals surface area contributed by atoms with Crippen LogP contribution in [0.2, 0.25) is 0 Å². The Labute approximate surface area is 154 Å². The van der Waals surface area contributed by atoms with Crippen LogP contribution in [0.1, 0.15) is 29.6 Å². The van der Waals surface area contributed by atoms with E-state index in [0.717, 1.165) is 12.2 Å². The molecule has 0 saturated carbocycles. The Bertz CT molecular complexity index is 734. The Morgan fingerprint density at radius 3 is 2.62 bits per heavy atom. The molecule has 3 rings (SSSR count). The molecule has 1 saturated heterocycles. The van der Waals surface area contributed by atoms with Crippen LogP contribution in [0, 0.1) is 0 Å². The van der Waals surface area contributed by atoms with Crippen molar-refractivity contribution in [3.05, 3.63) is 60.2 Å². The van der Waals surface area contributed by atoms with E-state index in [1.54, 1.807) is 24.1 Å². The minimum absolute atomic E-state index is 0.0304. The Balaban J connectivity index is 1.60. The zero-order chi connectivity index (χ0) is 18.4. The van der Waals surface area contributed by atoms with Gasteiger partial charge in [-0.2, -0.15) is 0 Å². The lowest BCUT2D eigenvalue weighted by Crippen LogP contribution is -2.38. The number of para-hydroxylation sites is 1. The lowest BCUT2D eigenvalue weighted by molar-refractivity contribution is -0.0163. The number of carbonyl (C=O) groups is 1. The van der Waals surface area contributed by atoms with E-state index in [0.29, 0.717) is 37.2 Å². The zero-order valence-corrected chi connectivity index (χ0v) is 15.1. The number of amides is 1. The maximum Gasteiger partial charge on any atom is 0.253 e. The molecule has 1 aliphatic rings. The summed E-state index contributed by atoms with van der Waals surface area (Å²) < 4.78 is 10.9. The van der Waals surface area contributed by atoms with Gasteiger partial charge in [0.25, 0.3) is 5.91 Å². The fourth-order valence-electron chi connectivity index (χ4n) is 3.20. The monoisotopic (exact) mass is 355 g/mol. The third-order valence-electron chi connectivity index (χ3n) is 4.77. The van der Waals surface area contributed by atoms with Gasteiger partial charge in [0.15, 0.2) is 0 Å². The molecular formula is C21H25NO4. The summed E-state index contributed by atoms with van der Waals surface area (Å²) in [4.78, 5) is 14.6. The number of nitrogens with zero attached hydrogens (tertiary/aromatic N) is 1. The quantitative estimate of drug-likeness (QED) is 0.895. The van der Waals surface area contributed by atoms with Gasteiger partial charge in [0.05, 0.1) is 7.11 Å². The Morgan fingerprint density at radius 1 is 1.08 bits per heavy atom. The SMILES string of the molecule is COc1cccc(C(=O)N2CCCC(O)(COc3ccccc3)CC2)c1. The molecule has 2 aromatic carbocycles. The molecule has 26 heavy (non-hydrogen) atoms. The summed E-state index contributed by atoms with van der Waals surface area (Å²) in [5, 5.41) is 10.9. The molecule has 1 fully saturated rings. The number of hydrogen-bond acceptors (Lipinski definition) is 4.